The lowest BCUT2D eigenvalue weighted by atomic mass is 9.69. The molecule has 1 saturated heterocycles. The van der Waals surface area contributed by atoms with Gasteiger partial charge in [0, 0.05) is 5.54 Å². The minimum atomic E-state index is -0.121. The van der Waals surface area contributed by atoms with Gasteiger partial charge in [0.25, 0.3) is 0 Å². The van der Waals surface area contributed by atoms with Crippen LogP contribution in [-0.2, 0) is 15.1 Å². The highest BCUT2D eigenvalue weighted by atomic mass is 16.7. The Labute approximate surface area is 142 Å². The molecule has 24 heavy (non-hydrogen) atoms. The van der Waals surface area contributed by atoms with Crippen molar-refractivity contribution < 1.29 is 19.0 Å². The lowest BCUT2D eigenvalue weighted by Gasteiger charge is -2.45. The van der Waals surface area contributed by atoms with Gasteiger partial charge in [-0.3, -0.25) is 9.69 Å². The zero-order valence-electron chi connectivity index (χ0n) is 14.3. The van der Waals surface area contributed by atoms with E-state index in [0.29, 0.717) is 25.9 Å². The maximum Gasteiger partial charge on any atom is 0.320 e. The predicted octanol–water partition coefficient (Wildman–Crippen LogP) is 3.07. The Morgan fingerprint density at radius 1 is 1.29 bits per heavy atom. The quantitative estimate of drug-likeness (QED) is 0.794. The Kier molecular flexibility index (Phi) is 4.12. The molecule has 0 amide bonds. The third-order valence-electron chi connectivity index (χ3n) is 5.85. The average Bonchev–Trinajstić information content (AvgIpc) is 3.20. The fraction of sp³-hybridized carbons (Fsp3) is 0.632. The third kappa shape index (κ3) is 2.46. The first-order chi connectivity index (χ1) is 11.7. The molecule has 0 bridgehead atoms. The summed E-state index contributed by atoms with van der Waals surface area (Å²) in [5.41, 5.74) is 1.20. The Morgan fingerprint density at radius 2 is 2.17 bits per heavy atom. The largest absolute Gasteiger partial charge is 0.465 e. The first-order valence-electron chi connectivity index (χ1n) is 9.05. The molecule has 1 saturated carbocycles. The summed E-state index contributed by atoms with van der Waals surface area (Å²) >= 11 is 0. The van der Waals surface area contributed by atoms with Crippen LogP contribution >= 0.6 is 0 Å². The van der Waals surface area contributed by atoms with E-state index < -0.39 is 0 Å². The molecule has 0 radical (unpaired) electrons. The molecule has 130 valence electrons. The molecule has 1 aliphatic carbocycles. The second-order valence-electron chi connectivity index (χ2n) is 6.95. The maximum atomic E-state index is 12.1. The highest BCUT2D eigenvalue weighted by Gasteiger charge is 2.51. The van der Waals surface area contributed by atoms with Gasteiger partial charge >= 0.3 is 5.97 Å². The molecular weight excluding hydrogens is 306 g/mol. The molecule has 0 N–H and O–H groups in total. The topological polar surface area (TPSA) is 48.0 Å². The fourth-order valence-electron chi connectivity index (χ4n) is 4.85. The Bertz CT molecular complexity index is 632. The van der Waals surface area contributed by atoms with Crippen LogP contribution in [0.2, 0.25) is 0 Å². The van der Waals surface area contributed by atoms with Gasteiger partial charge in [0.2, 0.25) is 6.79 Å². The molecule has 3 aliphatic rings. The van der Waals surface area contributed by atoms with Gasteiger partial charge in [0.1, 0.15) is 0 Å². The average molecular weight is 331 g/mol. The molecular formula is C19H25NO4. The zero-order chi connectivity index (χ0) is 16.6. The molecule has 2 atom stereocenters. The van der Waals surface area contributed by atoms with E-state index in [4.69, 9.17) is 14.2 Å². The number of benzene rings is 1. The minimum absolute atomic E-state index is 0.0635. The van der Waals surface area contributed by atoms with Crippen LogP contribution < -0.4 is 9.47 Å². The summed E-state index contributed by atoms with van der Waals surface area (Å²) in [5.74, 6) is 2.12. The molecule has 5 nitrogen and oxygen atoms in total. The van der Waals surface area contributed by atoms with Crippen LogP contribution in [0, 0.1) is 5.92 Å². The monoisotopic (exact) mass is 331 g/mol. The summed E-state index contributed by atoms with van der Waals surface area (Å²) in [6, 6.07) is 6.30. The molecule has 5 heteroatoms. The second-order valence-corrected chi connectivity index (χ2v) is 6.95. The molecule has 1 aromatic rings. The number of ether oxygens (including phenoxy) is 3. The molecule has 2 heterocycles. The van der Waals surface area contributed by atoms with Gasteiger partial charge in [0.05, 0.1) is 13.2 Å². The number of carbonyl (C=O) groups excluding carboxylic acids is 1. The van der Waals surface area contributed by atoms with Gasteiger partial charge in [-0.05, 0) is 56.3 Å². The van der Waals surface area contributed by atoms with E-state index in [0.717, 1.165) is 30.9 Å². The van der Waals surface area contributed by atoms with Crippen molar-refractivity contribution in [2.24, 2.45) is 5.92 Å². The Balaban J connectivity index is 1.69. The lowest BCUT2D eigenvalue weighted by molar-refractivity contribution is -0.146. The van der Waals surface area contributed by atoms with Crippen molar-refractivity contribution in [3.63, 3.8) is 0 Å². The molecule has 1 aromatic carbocycles. The van der Waals surface area contributed by atoms with Crippen molar-refractivity contribution in [1.29, 1.82) is 0 Å². The summed E-state index contributed by atoms with van der Waals surface area (Å²) in [7, 11) is 0. The lowest BCUT2D eigenvalue weighted by Crippen LogP contribution is -2.49. The van der Waals surface area contributed by atoms with Crippen molar-refractivity contribution in [2.75, 3.05) is 26.5 Å². The van der Waals surface area contributed by atoms with E-state index in [1.54, 1.807) is 0 Å². The second kappa shape index (κ2) is 6.28. The number of hydrogen-bond donors (Lipinski definition) is 0. The van der Waals surface area contributed by atoms with Crippen LogP contribution in [0.25, 0.3) is 0 Å². The van der Waals surface area contributed by atoms with Gasteiger partial charge in [-0.1, -0.05) is 18.9 Å². The first kappa shape index (κ1) is 15.8. The Hall–Kier alpha value is -1.75. The van der Waals surface area contributed by atoms with Crippen LogP contribution in [-0.4, -0.2) is 37.4 Å². The van der Waals surface area contributed by atoms with E-state index in [1.807, 2.05) is 13.0 Å². The van der Waals surface area contributed by atoms with E-state index in [-0.39, 0.29) is 11.5 Å². The van der Waals surface area contributed by atoms with Crippen molar-refractivity contribution in [3.05, 3.63) is 23.8 Å². The zero-order valence-corrected chi connectivity index (χ0v) is 14.3. The standard InChI is InChI=1S/C19H25NO4/c1-2-22-18(21)12-20-10-8-14-5-3-4-9-19(14,20)15-6-7-16-17(11-15)24-13-23-16/h6-7,11,14H,2-5,8-10,12-13H2,1H3/t14-,19-/m0/s1. The van der Waals surface area contributed by atoms with Crippen molar-refractivity contribution in [2.45, 2.75) is 44.6 Å². The van der Waals surface area contributed by atoms with Gasteiger partial charge in [-0.25, -0.2) is 0 Å². The number of rotatable bonds is 4. The summed E-state index contributed by atoms with van der Waals surface area (Å²) < 4.78 is 16.3. The first-order valence-corrected chi connectivity index (χ1v) is 9.05. The van der Waals surface area contributed by atoms with E-state index >= 15 is 0 Å². The van der Waals surface area contributed by atoms with Crippen LogP contribution in [0.1, 0.15) is 44.6 Å². The van der Waals surface area contributed by atoms with Gasteiger partial charge in [-0.15, -0.1) is 0 Å². The number of fused-ring (bicyclic) bond motifs is 2. The number of hydrogen-bond acceptors (Lipinski definition) is 5. The third-order valence-corrected chi connectivity index (χ3v) is 5.85. The number of esters is 1. The molecule has 2 fully saturated rings. The normalized spacial score (nSPS) is 28.6. The number of nitrogens with zero attached hydrogens (tertiary/aromatic N) is 1. The molecule has 4 rings (SSSR count). The molecule has 0 unspecified atom stereocenters. The SMILES string of the molecule is CCOC(=O)CN1CC[C@@H]2CCCC[C@@]21c1ccc2c(c1)OCO2. The molecule has 2 aliphatic heterocycles. The summed E-state index contributed by atoms with van der Waals surface area (Å²) in [6.07, 6.45) is 5.95. The van der Waals surface area contributed by atoms with E-state index in [1.165, 1.54) is 24.8 Å². The van der Waals surface area contributed by atoms with E-state index in [9.17, 15) is 4.79 Å². The van der Waals surface area contributed by atoms with Crippen molar-refractivity contribution >= 4 is 5.97 Å². The summed E-state index contributed by atoms with van der Waals surface area (Å²) in [4.78, 5) is 14.5. The van der Waals surface area contributed by atoms with Crippen molar-refractivity contribution in [3.8, 4) is 11.5 Å². The smallest absolute Gasteiger partial charge is 0.320 e. The van der Waals surface area contributed by atoms with Crippen LogP contribution in [0.5, 0.6) is 11.5 Å². The summed E-state index contributed by atoms with van der Waals surface area (Å²) in [6.45, 7) is 3.92. The Morgan fingerprint density at radius 3 is 3.04 bits per heavy atom. The van der Waals surface area contributed by atoms with Gasteiger partial charge in [0.15, 0.2) is 11.5 Å². The summed E-state index contributed by atoms with van der Waals surface area (Å²) in [5, 5.41) is 0. The predicted molar refractivity (Wildman–Crippen MR) is 89.0 cm³/mol. The van der Waals surface area contributed by atoms with Crippen LogP contribution in [0.15, 0.2) is 18.2 Å². The van der Waals surface area contributed by atoms with Gasteiger partial charge in [-0.2, -0.15) is 0 Å². The van der Waals surface area contributed by atoms with Crippen LogP contribution in [0.3, 0.4) is 0 Å². The fourth-order valence-corrected chi connectivity index (χ4v) is 4.85. The van der Waals surface area contributed by atoms with E-state index in [2.05, 4.69) is 17.0 Å². The van der Waals surface area contributed by atoms with Gasteiger partial charge < -0.3 is 14.2 Å². The molecule has 0 aromatic heterocycles. The highest BCUT2D eigenvalue weighted by molar-refractivity contribution is 5.72. The molecule has 0 spiro atoms. The maximum absolute atomic E-state index is 12.1. The van der Waals surface area contributed by atoms with Crippen LogP contribution in [0.4, 0.5) is 0 Å². The minimum Gasteiger partial charge on any atom is -0.465 e. The van der Waals surface area contributed by atoms with Crippen molar-refractivity contribution in [1.82, 2.24) is 4.90 Å². The number of carbonyl (C=O) groups is 1. The highest BCUT2D eigenvalue weighted by Crippen LogP contribution is 2.53. The number of likely N-dealkylation sites (tertiary alicyclic amines) is 1.